The fourth-order valence-electron chi connectivity index (χ4n) is 0.537. The van der Waals surface area contributed by atoms with Gasteiger partial charge >= 0.3 is 0 Å². The first kappa shape index (κ1) is 9.85. The summed E-state index contributed by atoms with van der Waals surface area (Å²) in [6, 6.07) is 8.47. The third-order valence-electron chi connectivity index (χ3n) is 0.945. The Morgan fingerprint density at radius 2 is 1.70 bits per heavy atom. The second-order valence-electron chi connectivity index (χ2n) is 1.56. The van der Waals surface area contributed by atoms with Crippen LogP contribution in [0.4, 0.5) is 0 Å². The van der Waals surface area contributed by atoms with Crippen LogP contribution in [0.5, 0.6) is 0 Å². The fourth-order valence-corrected chi connectivity index (χ4v) is 0.927. The van der Waals surface area contributed by atoms with Crippen LogP contribution in [0.2, 0.25) is 0 Å². The third kappa shape index (κ3) is 2.62. The van der Waals surface area contributed by atoms with Crippen molar-refractivity contribution in [3.05, 3.63) is 30.3 Å². The monoisotopic (exact) mass is 198 g/mol. The van der Waals surface area contributed by atoms with Crippen LogP contribution in [0, 0.1) is 0 Å². The molecule has 0 aliphatic rings. The maximum absolute atomic E-state index is 10.3. The van der Waals surface area contributed by atoms with E-state index in [2.05, 4.69) is 0 Å². The first-order chi connectivity index (χ1) is 4.30. The summed E-state index contributed by atoms with van der Waals surface area (Å²) < 4.78 is 18.8. The molecule has 1 N–H and O–H groups in total. The van der Waals surface area contributed by atoms with Crippen LogP contribution in [-0.4, -0.2) is 8.76 Å². The molecule has 0 spiro atoms. The van der Waals surface area contributed by atoms with Gasteiger partial charge < -0.3 is 4.55 Å². The van der Waals surface area contributed by atoms with Crippen LogP contribution in [0.3, 0.4) is 0 Å². The summed E-state index contributed by atoms with van der Waals surface area (Å²) in [5.74, 6) is 0. The summed E-state index contributed by atoms with van der Waals surface area (Å²) in [6.45, 7) is 0. The van der Waals surface area contributed by atoms with Crippen LogP contribution in [-0.2, 0) is 28.1 Å². The molecule has 0 heterocycles. The van der Waals surface area contributed by atoms with Gasteiger partial charge in [-0.3, -0.25) is 0 Å². The van der Waals surface area contributed by atoms with Crippen LogP contribution in [0.25, 0.3) is 0 Å². The van der Waals surface area contributed by atoms with Gasteiger partial charge in [-0.05, 0) is 12.1 Å². The molecule has 0 amide bonds. The molecule has 2 nitrogen and oxygen atoms in total. The number of benzene rings is 1. The van der Waals surface area contributed by atoms with E-state index in [0.29, 0.717) is 4.90 Å². The van der Waals surface area contributed by atoms with Crippen LogP contribution in [0.15, 0.2) is 35.2 Å². The zero-order valence-electron chi connectivity index (χ0n) is 5.00. The Labute approximate surface area is 72.4 Å². The van der Waals surface area contributed by atoms with Crippen molar-refractivity contribution in [2.75, 3.05) is 0 Å². The molecule has 1 unspecified atom stereocenters. The summed E-state index contributed by atoms with van der Waals surface area (Å²) in [6.07, 6.45) is 0. The van der Waals surface area contributed by atoms with Crippen molar-refractivity contribution < 1.29 is 25.8 Å². The van der Waals surface area contributed by atoms with E-state index in [1.807, 2.05) is 0 Å². The number of rotatable bonds is 1. The summed E-state index contributed by atoms with van der Waals surface area (Å²) in [5, 5.41) is 0. The van der Waals surface area contributed by atoms with Crippen molar-refractivity contribution >= 4 is 11.1 Å². The molecule has 0 bridgehead atoms. The van der Waals surface area contributed by atoms with Crippen molar-refractivity contribution in [2.45, 2.75) is 4.90 Å². The van der Waals surface area contributed by atoms with Crippen LogP contribution >= 0.6 is 0 Å². The van der Waals surface area contributed by atoms with Crippen molar-refractivity contribution in [3.8, 4) is 0 Å². The van der Waals surface area contributed by atoms with Gasteiger partial charge in [-0.1, -0.05) is 18.2 Å². The van der Waals surface area contributed by atoms with Crippen molar-refractivity contribution in [3.63, 3.8) is 0 Å². The second-order valence-corrected chi connectivity index (χ2v) is 2.53. The average Bonchev–Trinajstić information content (AvgIpc) is 1.90. The van der Waals surface area contributed by atoms with E-state index in [1.165, 1.54) is 0 Å². The molecule has 56 valence electrons. The summed E-state index contributed by atoms with van der Waals surface area (Å²) in [7, 11) is 0. The van der Waals surface area contributed by atoms with Gasteiger partial charge in [-0.15, -0.1) is 0 Å². The molecule has 0 aliphatic heterocycles. The Hall–Kier alpha value is -0.151. The molecule has 1 atom stereocenters. The molecule has 1 rings (SSSR count). The fraction of sp³-hybridized carbons (Fsp3) is 0. The molecule has 0 saturated carbocycles. The van der Waals surface area contributed by atoms with E-state index >= 15 is 0 Å². The average molecular weight is 198 g/mol. The molecule has 0 radical (unpaired) electrons. The Balaban J connectivity index is 0.000000810. The molecule has 1 aromatic rings. The van der Waals surface area contributed by atoms with Crippen LogP contribution < -0.4 is 0 Å². The van der Waals surface area contributed by atoms with E-state index < -0.39 is 11.1 Å². The molecular weight excluding hydrogens is 192 g/mol. The molecule has 10 heavy (non-hydrogen) atoms. The molecule has 1 aromatic carbocycles. The number of hydrogen-bond acceptors (Lipinski definition) is 1. The van der Waals surface area contributed by atoms with Crippen molar-refractivity contribution in [1.29, 1.82) is 0 Å². The Morgan fingerprint density at radius 3 is 2.00 bits per heavy atom. The number of hydrogen-bond donors (Lipinski definition) is 1. The largest absolute Gasteiger partial charge is 0.302 e. The first-order valence-corrected chi connectivity index (χ1v) is 3.57. The minimum Gasteiger partial charge on any atom is -0.302 e. The van der Waals surface area contributed by atoms with Gasteiger partial charge in [0.15, 0.2) is 11.1 Å². The summed E-state index contributed by atoms with van der Waals surface area (Å²) in [4.78, 5) is 0.442. The molecule has 0 fully saturated rings. The zero-order valence-corrected chi connectivity index (χ0v) is 6.92. The SMILES string of the molecule is O=S(O)c1ccccc1.[Fe]. The van der Waals surface area contributed by atoms with Gasteiger partial charge in [0.25, 0.3) is 0 Å². The second kappa shape index (κ2) is 4.63. The Bertz CT molecular complexity index is 212. The van der Waals surface area contributed by atoms with Gasteiger partial charge in [0.05, 0.1) is 4.90 Å². The maximum Gasteiger partial charge on any atom is 0.186 e. The predicted octanol–water partition coefficient (Wildman–Crippen LogP) is 1.26. The minimum atomic E-state index is -1.83. The van der Waals surface area contributed by atoms with Gasteiger partial charge in [-0.25, -0.2) is 4.21 Å². The molecular formula is C6H6FeO2S. The Kier molecular flexibility index (Phi) is 4.56. The topological polar surface area (TPSA) is 37.3 Å². The van der Waals surface area contributed by atoms with Gasteiger partial charge in [0.2, 0.25) is 0 Å². The molecule has 0 saturated heterocycles. The Morgan fingerprint density at radius 1 is 1.20 bits per heavy atom. The van der Waals surface area contributed by atoms with E-state index in [1.54, 1.807) is 30.3 Å². The van der Waals surface area contributed by atoms with E-state index in [4.69, 9.17) is 4.55 Å². The van der Waals surface area contributed by atoms with E-state index in [9.17, 15) is 4.21 Å². The van der Waals surface area contributed by atoms with E-state index in [0.717, 1.165) is 0 Å². The minimum absolute atomic E-state index is 0. The molecule has 0 aliphatic carbocycles. The van der Waals surface area contributed by atoms with Crippen LogP contribution in [0.1, 0.15) is 0 Å². The standard InChI is InChI=1S/C6H6O2S.Fe/c7-9(8)6-4-2-1-3-5-6;/h1-5H,(H,7,8);. The van der Waals surface area contributed by atoms with Gasteiger partial charge in [0.1, 0.15) is 0 Å². The van der Waals surface area contributed by atoms with Gasteiger partial charge in [0, 0.05) is 17.1 Å². The molecule has 0 aromatic heterocycles. The quantitative estimate of drug-likeness (QED) is 0.544. The maximum atomic E-state index is 10.3. The smallest absolute Gasteiger partial charge is 0.186 e. The van der Waals surface area contributed by atoms with Crippen molar-refractivity contribution in [1.82, 2.24) is 0 Å². The predicted molar refractivity (Wildman–Crippen MR) is 35.5 cm³/mol. The summed E-state index contributed by atoms with van der Waals surface area (Å²) in [5.41, 5.74) is 0. The summed E-state index contributed by atoms with van der Waals surface area (Å²) >= 11 is -1.83. The first-order valence-electron chi connectivity index (χ1n) is 2.46. The zero-order chi connectivity index (χ0) is 6.69. The van der Waals surface area contributed by atoms with Gasteiger partial charge in [-0.2, -0.15) is 0 Å². The van der Waals surface area contributed by atoms with Crippen molar-refractivity contribution in [2.24, 2.45) is 0 Å². The van der Waals surface area contributed by atoms with E-state index in [-0.39, 0.29) is 17.1 Å². The molecule has 4 heteroatoms. The third-order valence-corrected chi connectivity index (χ3v) is 1.62. The normalized spacial score (nSPS) is 11.7.